The number of hydrogen-bond donors (Lipinski definition) is 2. The Morgan fingerprint density at radius 2 is 1.92 bits per heavy atom. The largest absolute Gasteiger partial charge is 0.416 e. The van der Waals surface area contributed by atoms with Gasteiger partial charge >= 0.3 is 6.18 Å². The van der Waals surface area contributed by atoms with Crippen molar-refractivity contribution in [3.8, 4) is 0 Å². The Labute approximate surface area is 140 Å². The lowest BCUT2D eigenvalue weighted by Gasteiger charge is -2.36. The second kappa shape index (κ2) is 7.42. The molecule has 2 aliphatic rings. The van der Waals surface area contributed by atoms with Crippen LogP contribution in [0.5, 0.6) is 0 Å². The van der Waals surface area contributed by atoms with E-state index in [9.17, 15) is 18.3 Å². The number of hydrogen-bond acceptors (Lipinski definition) is 3. The first-order chi connectivity index (χ1) is 11.5. The van der Waals surface area contributed by atoms with E-state index in [0.29, 0.717) is 24.3 Å². The van der Waals surface area contributed by atoms with Crippen LogP contribution in [0.2, 0.25) is 0 Å². The Kier molecular flexibility index (Phi) is 5.47. The summed E-state index contributed by atoms with van der Waals surface area (Å²) in [4.78, 5) is 2.24. The summed E-state index contributed by atoms with van der Waals surface area (Å²) in [6, 6.07) is 5.64. The van der Waals surface area contributed by atoms with Gasteiger partial charge in [-0.2, -0.15) is 13.2 Å². The Morgan fingerprint density at radius 1 is 1.17 bits per heavy atom. The highest BCUT2D eigenvalue weighted by atomic mass is 19.4. The molecular weight excluding hydrogens is 317 g/mol. The topological polar surface area (TPSA) is 35.5 Å². The summed E-state index contributed by atoms with van der Waals surface area (Å²) in [6.07, 6.45) is -2.17. The molecule has 3 rings (SSSR count). The van der Waals surface area contributed by atoms with Gasteiger partial charge in [-0.3, -0.25) is 4.90 Å². The summed E-state index contributed by atoms with van der Waals surface area (Å²) in [5.74, 6) is 1.49. The lowest BCUT2D eigenvalue weighted by atomic mass is 9.79. The predicted octanol–water partition coefficient (Wildman–Crippen LogP) is 2.75. The molecule has 0 amide bonds. The molecule has 1 aromatic carbocycles. The fourth-order valence-corrected chi connectivity index (χ4v) is 4.15. The molecule has 24 heavy (non-hydrogen) atoms. The molecule has 0 bridgehead atoms. The summed E-state index contributed by atoms with van der Waals surface area (Å²) in [5, 5.41) is 12.8. The molecule has 0 spiro atoms. The number of piperidine rings is 1. The third kappa shape index (κ3) is 4.10. The molecule has 2 fully saturated rings. The van der Waals surface area contributed by atoms with Gasteiger partial charge in [-0.15, -0.1) is 0 Å². The molecule has 134 valence electrons. The number of aliphatic hydroxyl groups excluding tert-OH is 1. The molecule has 2 N–H and O–H groups in total. The maximum Gasteiger partial charge on any atom is 0.416 e. The Bertz CT molecular complexity index is 541. The standard InChI is InChI=1S/C18H25F3N2O/c19-18(20,21)16-3-1-2-13(8-16)11-23-6-4-14(5-7-23)17-10-22-9-15(17)12-24/h1-3,8,14-15,17,22,24H,4-7,9-12H2/t15-,17-/m0/s1. The smallest absolute Gasteiger partial charge is 0.396 e. The van der Waals surface area contributed by atoms with Gasteiger partial charge in [0.1, 0.15) is 0 Å². The number of rotatable bonds is 4. The van der Waals surface area contributed by atoms with Crippen molar-refractivity contribution in [2.45, 2.75) is 25.6 Å². The number of benzene rings is 1. The number of nitrogens with one attached hydrogen (secondary N) is 1. The van der Waals surface area contributed by atoms with Gasteiger partial charge in [0.25, 0.3) is 0 Å². The fraction of sp³-hybridized carbons (Fsp3) is 0.667. The van der Waals surface area contributed by atoms with Crippen LogP contribution in [0, 0.1) is 17.8 Å². The predicted molar refractivity (Wildman–Crippen MR) is 86.4 cm³/mol. The summed E-state index contributed by atoms with van der Waals surface area (Å²) in [7, 11) is 0. The first-order valence-electron chi connectivity index (χ1n) is 8.67. The van der Waals surface area contributed by atoms with Crippen LogP contribution in [0.4, 0.5) is 13.2 Å². The fourth-order valence-electron chi connectivity index (χ4n) is 4.15. The molecule has 0 aromatic heterocycles. The zero-order valence-corrected chi connectivity index (χ0v) is 13.7. The van der Waals surface area contributed by atoms with Crippen molar-refractivity contribution in [1.29, 1.82) is 0 Å². The van der Waals surface area contributed by atoms with Gasteiger partial charge in [-0.1, -0.05) is 18.2 Å². The SMILES string of the molecule is OC[C@@H]1CNC[C@H]1C1CCN(Cc2cccc(C(F)(F)F)c2)CC1. The van der Waals surface area contributed by atoms with Crippen LogP contribution in [0.3, 0.4) is 0 Å². The van der Waals surface area contributed by atoms with Crippen molar-refractivity contribution in [2.24, 2.45) is 17.8 Å². The molecule has 2 heterocycles. The minimum Gasteiger partial charge on any atom is -0.396 e. The molecule has 3 nitrogen and oxygen atoms in total. The van der Waals surface area contributed by atoms with Gasteiger partial charge in [0, 0.05) is 19.7 Å². The van der Waals surface area contributed by atoms with Crippen LogP contribution >= 0.6 is 0 Å². The molecule has 1 aromatic rings. The van der Waals surface area contributed by atoms with Crippen molar-refractivity contribution in [3.05, 3.63) is 35.4 Å². The summed E-state index contributed by atoms with van der Waals surface area (Å²) >= 11 is 0. The minimum absolute atomic E-state index is 0.238. The van der Waals surface area contributed by atoms with Gasteiger partial charge in [-0.05, 0) is 61.9 Å². The number of halogens is 3. The van der Waals surface area contributed by atoms with Crippen LogP contribution in [0.1, 0.15) is 24.0 Å². The zero-order chi connectivity index (χ0) is 17.2. The van der Waals surface area contributed by atoms with Crippen molar-refractivity contribution in [1.82, 2.24) is 10.2 Å². The zero-order valence-electron chi connectivity index (χ0n) is 13.7. The first kappa shape index (κ1) is 17.7. The minimum atomic E-state index is -4.28. The Morgan fingerprint density at radius 3 is 2.58 bits per heavy atom. The van der Waals surface area contributed by atoms with Crippen LogP contribution in [0.25, 0.3) is 0 Å². The molecule has 2 atom stereocenters. The van der Waals surface area contributed by atoms with E-state index in [1.807, 2.05) is 0 Å². The van der Waals surface area contributed by atoms with Crippen LogP contribution < -0.4 is 5.32 Å². The number of nitrogens with zero attached hydrogens (tertiary/aromatic N) is 1. The van der Waals surface area contributed by atoms with E-state index in [0.717, 1.165) is 50.7 Å². The molecule has 0 unspecified atom stereocenters. The molecule has 0 aliphatic carbocycles. The Balaban J connectivity index is 1.54. The Hall–Kier alpha value is -1.11. The van der Waals surface area contributed by atoms with Gasteiger partial charge < -0.3 is 10.4 Å². The van der Waals surface area contributed by atoms with Crippen LogP contribution in [-0.2, 0) is 12.7 Å². The summed E-state index contributed by atoms with van der Waals surface area (Å²) < 4.78 is 38.4. The monoisotopic (exact) mass is 342 g/mol. The van der Waals surface area contributed by atoms with E-state index in [-0.39, 0.29) is 6.61 Å². The molecule has 6 heteroatoms. The van der Waals surface area contributed by atoms with E-state index in [2.05, 4.69) is 10.2 Å². The van der Waals surface area contributed by atoms with E-state index >= 15 is 0 Å². The second-order valence-electron chi connectivity index (χ2n) is 7.08. The highest BCUT2D eigenvalue weighted by Crippen LogP contribution is 2.33. The molecule has 0 radical (unpaired) electrons. The van der Waals surface area contributed by atoms with Gasteiger partial charge in [0.05, 0.1) is 5.56 Å². The van der Waals surface area contributed by atoms with Crippen LogP contribution in [0.15, 0.2) is 24.3 Å². The molecular formula is C18H25F3N2O. The molecule has 2 aliphatic heterocycles. The van der Waals surface area contributed by atoms with Crippen molar-refractivity contribution in [3.63, 3.8) is 0 Å². The first-order valence-corrected chi connectivity index (χ1v) is 8.67. The number of likely N-dealkylation sites (tertiary alicyclic amines) is 1. The third-order valence-electron chi connectivity index (χ3n) is 5.52. The maximum atomic E-state index is 12.8. The van der Waals surface area contributed by atoms with E-state index in [1.165, 1.54) is 12.1 Å². The molecule has 2 saturated heterocycles. The molecule has 0 saturated carbocycles. The van der Waals surface area contributed by atoms with Crippen molar-refractivity contribution >= 4 is 0 Å². The van der Waals surface area contributed by atoms with Crippen molar-refractivity contribution in [2.75, 3.05) is 32.8 Å². The third-order valence-corrected chi connectivity index (χ3v) is 5.52. The van der Waals surface area contributed by atoms with E-state index in [1.54, 1.807) is 6.07 Å². The normalized spacial score (nSPS) is 26.8. The average molecular weight is 342 g/mol. The van der Waals surface area contributed by atoms with E-state index in [4.69, 9.17) is 0 Å². The summed E-state index contributed by atoms with van der Waals surface area (Å²) in [6.45, 7) is 4.51. The highest BCUT2D eigenvalue weighted by Gasteiger charge is 2.35. The van der Waals surface area contributed by atoms with E-state index < -0.39 is 11.7 Å². The van der Waals surface area contributed by atoms with Gasteiger partial charge in [-0.25, -0.2) is 0 Å². The lowest BCUT2D eigenvalue weighted by Crippen LogP contribution is -2.38. The quantitative estimate of drug-likeness (QED) is 0.883. The lowest BCUT2D eigenvalue weighted by molar-refractivity contribution is -0.137. The summed E-state index contributed by atoms with van der Waals surface area (Å²) in [5.41, 5.74) is 0.150. The average Bonchev–Trinajstić information content (AvgIpc) is 3.04. The van der Waals surface area contributed by atoms with Crippen LogP contribution in [-0.4, -0.2) is 42.8 Å². The number of alkyl halides is 3. The number of aliphatic hydroxyl groups is 1. The van der Waals surface area contributed by atoms with Gasteiger partial charge in [0.15, 0.2) is 0 Å². The van der Waals surface area contributed by atoms with Gasteiger partial charge in [0.2, 0.25) is 0 Å². The second-order valence-corrected chi connectivity index (χ2v) is 7.08. The highest BCUT2D eigenvalue weighted by molar-refractivity contribution is 5.25. The maximum absolute atomic E-state index is 12.8. The van der Waals surface area contributed by atoms with Crippen molar-refractivity contribution < 1.29 is 18.3 Å².